The molecule has 0 saturated carbocycles. The predicted octanol–water partition coefficient (Wildman–Crippen LogP) is 4.82. The van der Waals surface area contributed by atoms with E-state index in [1.165, 1.54) is 4.90 Å². The van der Waals surface area contributed by atoms with Crippen molar-refractivity contribution in [1.29, 1.82) is 0 Å². The van der Waals surface area contributed by atoms with Crippen molar-refractivity contribution >= 4 is 20.1 Å². The number of imide groups is 1. The van der Waals surface area contributed by atoms with Crippen LogP contribution >= 0.6 is 0 Å². The van der Waals surface area contributed by atoms with Gasteiger partial charge in [-0.3, -0.25) is 14.5 Å². The number of amides is 2. The lowest BCUT2D eigenvalue weighted by Crippen LogP contribution is -2.64. The second-order valence-corrected chi connectivity index (χ2v) is 12.4. The molecule has 31 heavy (non-hydrogen) atoms. The van der Waals surface area contributed by atoms with Crippen molar-refractivity contribution in [2.24, 2.45) is 0 Å². The van der Waals surface area contributed by atoms with Crippen LogP contribution in [0.3, 0.4) is 0 Å². The van der Waals surface area contributed by atoms with Gasteiger partial charge in [-0.2, -0.15) is 0 Å². The van der Waals surface area contributed by atoms with Crippen LogP contribution < -0.4 is 9.47 Å². The van der Waals surface area contributed by atoms with Crippen LogP contribution in [0.4, 0.5) is 0 Å². The zero-order valence-corrected chi connectivity index (χ0v) is 19.9. The Labute approximate surface area is 185 Å². The van der Waals surface area contributed by atoms with Gasteiger partial charge < -0.3 is 13.9 Å². The Balaban J connectivity index is 2.02. The molecule has 2 aromatic rings. The number of ether oxygens (including phenoxy) is 2. The van der Waals surface area contributed by atoms with E-state index < -0.39 is 20.5 Å². The van der Waals surface area contributed by atoms with Gasteiger partial charge in [0.05, 0.1) is 20.3 Å². The van der Waals surface area contributed by atoms with Gasteiger partial charge in [-0.25, -0.2) is 0 Å². The second-order valence-electron chi connectivity index (χ2n) is 7.72. The molecule has 1 aliphatic rings. The monoisotopic (exact) mass is 441 g/mol. The minimum absolute atomic E-state index is 0.277. The van der Waals surface area contributed by atoms with Crippen LogP contribution in [-0.2, 0) is 9.22 Å². The molecule has 0 N–H and O–H groups in total. The predicted molar refractivity (Wildman–Crippen MR) is 122 cm³/mol. The van der Waals surface area contributed by atoms with E-state index in [0.29, 0.717) is 17.1 Å². The third-order valence-corrected chi connectivity index (χ3v) is 11.0. The van der Waals surface area contributed by atoms with Crippen LogP contribution in [-0.4, -0.2) is 45.4 Å². The molecule has 0 radical (unpaired) electrons. The number of carbonyl (C=O) groups excluding carboxylic acids is 2. The van der Waals surface area contributed by atoms with Gasteiger partial charge in [0.1, 0.15) is 0 Å². The molecule has 2 amide bonds. The highest BCUT2D eigenvalue weighted by molar-refractivity contribution is 6.73. The summed E-state index contributed by atoms with van der Waals surface area (Å²) in [5.74, 6) is 0.549. The molecule has 0 aliphatic carbocycles. The van der Waals surface area contributed by atoms with Gasteiger partial charge in [-0.15, -0.1) is 0 Å². The van der Waals surface area contributed by atoms with E-state index in [9.17, 15) is 9.59 Å². The maximum atomic E-state index is 13.2. The molecule has 0 bridgehead atoms. The summed E-state index contributed by atoms with van der Waals surface area (Å²) in [6.45, 7) is 6.38. The first-order valence-corrected chi connectivity index (χ1v) is 13.3. The van der Waals surface area contributed by atoms with Gasteiger partial charge in [0, 0.05) is 5.56 Å². The number of likely N-dealkylation sites (tertiary alicyclic amines) is 1. The number of hydrogen-bond donors (Lipinski definition) is 0. The maximum absolute atomic E-state index is 13.2. The SMILES string of the molecule is CC[Si](CC)(CC)O[C@H]1C(=O)N(C(=O)c2ccccc2)[C@H]1c1ccc(OC)c(OC)c1. The molecule has 0 aromatic heterocycles. The van der Waals surface area contributed by atoms with Gasteiger partial charge in [0.15, 0.2) is 25.9 Å². The molecule has 7 heteroatoms. The van der Waals surface area contributed by atoms with Gasteiger partial charge in [-0.05, 0) is 48.0 Å². The van der Waals surface area contributed by atoms with Crippen LogP contribution in [0.15, 0.2) is 48.5 Å². The zero-order chi connectivity index (χ0) is 22.6. The Morgan fingerprint density at radius 1 is 0.935 bits per heavy atom. The summed E-state index contributed by atoms with van der Waals surface area (Å²) in [5, 5.41) is 0. The molecular formula is C24H31NO5Si. The maximum Gasteiger partial charge on any atom is 0.261 e. The van der Waals surface area contributed by atoms with Gasteiger partial charge in [0.25, 0.3) is 11.8 Å². The smallest absolute Gasteiger partial charge is 0.261 e. The first kappa shape index (κ1) is 23.0. The Morgan fingerprint density at radius 3 is 2.10 bits per heavy atom. The van der Waals surface area contributed by atoms with Crippen LogP contribution in [0.25, 0.3) is 0 Å². The van der Waals surface area contributed by atoms with E-state index in [0.717, 1.165) is 23.7 Å². The highest BCUT2D eigenvalue weighted by Crippen LogP contribution is 2.43. The second kappa shape index (κ2) is 9.66. The highest BCUT2D eigenvalue weighted by Gasteiger charge is 2.54. The highest BCUT2D eigenvalue weighted by atomic mass is 28.4. The number of nitrogens with zero attached hydrogens (tertiary/aromatic N) is 1. The van der Waals surface area contributed by atoms with Crippen molar-refractivity contribution in [2.45, 2.75) is 51.0 Å². The standard InChI is InChI=1S/C24H31NO5Si/c1-6-31(7-2,8-3)30-22-21(18-14-15-19(28-4)20(16-18)29-5)25(24(22)27)23(26)17-12-10-9-11-13-17/h9-16,21-22H,6-8H2,1-5H3/t21-,22+/m0/s1. The third-order valence-electron chi connectivity index (χ3n) is 6.34. The lowest BCUT2D eigenvalue weighted by molar-refractivity contribution is -0.158. The molecule has 0 spiro atoms. The number of carbonyl (C=O) groups is 2. The molecule has 1 fully saturated rings. The molecule has 6 nitrogen and oxygen atoms in total. The number of methoxy groups -OCH3 is 2. The van der Waals surface area contributed by atoms with Crippen LogP contribution in [0.5, 0.6) is 11.5 Å². The summed E-state index contributed by atoms with van der Waals surface area (Å²) < 4.78 is 17.4. The average Bonchev–Trinajstić information content (AvgIpc) is 2.83. The summed E-state index contributed by atoms with van der Waals surface area (Å²) in [5.41, 5.74) is 1.27. The number of rotatable bonds is 9. The average molecular weight is 442 g/mol. The van der Waals surface area contributed by atoms with Crippen molar-refractivity contribution in [1.82, 2.24) is 4.90 Å². The summed E-state index contributed by atoms with van der Waals surface area (Å²) in [6.07, 6.45) is -0.669. The van der Waals surface area contributed by atoms with Crippen molar-refractivity contribution in [3.05, 3.63) is 59.7 Å². The molecule has 2 aromatic carbocycles. The molecule has 1 saturated heterocycles. The fourth-order valence-corrected chi connectivity index (χ4v) is 6.92. The topological polar surface area (TPSA) is 65.1 Å². The largest absolute Gasteiger partial charge is 0.493 e. The molecule has 0 unspecified atom stereocenters. The fraction of sp³-hybridized carbons (Fsp3) is 0.417. The Kier molecular flexibility index (Phi) is 7.18. The van der Waals surface area contributed by atoms with Crippen molar-refractivity contribution in [3.8, 4) is 11.5 Å². The molecule has 2 atom stereocenters. The first-order chi connectivity index (χ1) is 14.9. The minimum Gasteiger partial charge on any atom is -0.493 e. The van der Waals surface area contributed by atoms with Crippen LogP contribution in [0.2, 0.25) is 18.1 Å². The summed E-state index contributed by atoms with van der Waals surface area (Å²) in [6, 6.07) is 16.6. The Hall–Kier alpha value is -2.64. The van der Waals surface area contributed by atoms with Gasteiger partial charge >= 0.3 is 0 Å². The van der Waals surface area contributed by atoms with E-state index in [4.69, 9.17) is 13.9 Å². The van der Waals surface area contributed by atoms with Crippen molar-refractivity contribution in [2.75, 3.05) is 14.2 Å². The molecular weight excluding hydrogens is 410 g/mol. The summed E-state index contributed by atoms with van der Waals surface area (Å²) >= 11 is 0. The van der Waals surface area contributed by atoms with E-state index in [1.54, 1.807) is 44.6 Å². The first-order valence-electron chi connectivity index (χ1n) is 10.8. The number of benzene rings is 2. The third kappa shape index (κ3) is 4.25. The lowest BCUT2D eigenvalue weighted by atomic mass is 9.89. The van der Waals surface area contributed by atoms with E-state index in [1.807, 2.05) is 18.2 Å². The van der Waals surface area contributed by atoms with E-state index >= 15 is 0 Å². The van der Waals surface area contributed by atoms with Crippen LogP contribution in [0, 0.1) is 0 Å². The van der Waals surface area contributed by atoms with Crippen molar-refractivity contribution in [3.63, 3.8) is 0 Å². The Morgan fingerprint density at radius 2 is 1.55 bits per heavy atom. The molecule has 1 aliphatic heterocycles. The lowest BCUT2D eigenvalue weighted by Gasteiger charge is -2.48. The van der Waals surface area contributed by atoms with Crippen LogP contribution in [0.1, 0.15) is 42.7 Å². The van der Waals surface area contributed by atoms with Crippen molar-refractivity contribution < 1.29 is 23.5 Å². The van der Waals surface area contributed by atoms with Gasteiger partial charge in [-0.1, -0.05) is 45.0 Å². The number of hydrogen-bond acceptors (Lipinski definition) is 5. The van der Waals surface area contributed by atoms with E-state index in [-0.39, 0.29) is 11.8 Å². The van der Waals surface area contributed by atoms with Gasteiger partial charge in [0.2, 0.25) is 0 Å². The molecule has 1 heterocycles. The molecule has 166 valence electrons. The fourth-order valence-electron chi connectivity index (χ4n) is 4.15. The minimum atomic E-state index is -2.06. The van der Waals surface area contributed by atoms with E-state index in [2.05, 4.69) is 20.8 Å². The quantitative estimate of drug-likeness (QED) is 0.317. The normalized spacial score (nSPS) is 18.5. The summed E-state index contributed by atoms with van der Waals surface area (Å²) in [7, 11) is 1.08. The Bertz CT molecular complexity index is 921. The number of β-lactam (4-membered cyclic amide) rings is 1. The zero-order valence-electron chi connectivity index (χ0n) is 18.9. The summed E-state index contributed by atoms with van der Waals surface area (Å²) in [4.78, 5) is 27.8. The molecule has 3 rings (SSSR count).